The summed E-state index contributed by atoms with van der Waals surface area (Å²) in [5.41, 5.74) is 1.74. The smallest absolute Gasteiger partial charge is 0.359 e. The number of carbonyl (C=O) groups excluding carboxylic acids is 2. The summed E-state index contributed by atoms with van der Waals surface area (Å²) in [5.74, 6) is -1.30. The number of carbonyl (C=O) groups is 2. The third-order valence-electron chi connectivity index (χ3n) is 2.87. The number of aryl methyl sites for hydroxylation is 2. The first-order chi connectivity index (χ1) is 10.9. The minimum atomic E-state index is -0.742. The van der Waals surface area contributed by atoms with E-state index in [2.05, 4.69) is 15.3 Å². The standard InChI is InChI=1S/C15H13Cl2N3O3/c1-8-3-4-10(16)14(13(8)17)20-12(21)7-23-15(22)11-6-18-9(2)5-19-11/h3-6H,7H2,1-2H3,(H,20,21). The predicted octanol–water partition coefficient (Wildman–Crippen LogP) is 3.20. The molecule has 0 atom stereocenters. The van der Waals surface area contributed by atoms with Gasteiger partial charge in [-0.2, -0.15) is 0 Å². The summed E-state index contributed by atoms with van der Waals surface area (Å²) < 4.78 is 4.87. The molecule has 6 nitrogen and oxygen atoms in total. The van der Waals surface area contributed by atoms with E-state index < -0.39 is 18.5 Å². The molecule has 0 bridgehead atoms. The number of ether oxygens (including phenoxy) is 1. The van der Waals surface area contributed by atoms with Crippen LogP contribution in [0.2, 0.25) is 10.0 Å². The molecule has 0 saturated carbocycles. The lowest BCUT2D eigenvalue weighted by Crippen LogP contribution is -2.22. The maximum atomic E-state index is 11.9. The van der Waals surface area contributed by atoms with Crippen LogP contribution in [0.15, 0.2) is 24.5 Å². The Bertz CT molecular complexity index is 748. The summed E-state index contributed by atoms with van der Waals surface area (Å²) in [4.78, 5) is 31.4. The average molecular weight is 354 g/mol. The van der Waals surface area contributed by atoms with E-state index in [0.29, 0.717) is 15.7 Å². The van der Waals surface area contributed by atoms with Crippen molar-refractivity contribution in [2.45, 2.75) is 13.8 Å². The van der Waals surface area contributed by atoms with Crippen molar-refractivity contribution in [2.75, 3.05) is 11.9 Å². The molecule has 8 heteroatoms. The van der Waals surface area contributed by atoms with E-state index in [0.717, 1.165) is 5.56 Å². The number of nitrogens with zero attached hydrogens (tertiary/aromatic N) is 2. The van der Waals surface area contributed by atoms with Gasteiger partial charge in [0.05, 0.1) is 27.6 Å². The zero-order chi connectivity index (χ0) is 17.0. The van der Waals surface area contributed by atoms with Crippen molar-refractivity contribution in [3.05, 3.63) is 51.5 Å². The molecule has 1 heterocycles. The normalized spacial score (nSPS) is 10.3. The van der Waals surface area contributed by atoms with Crippen LogP contribution in [0.5, 0.6) is 0 Å². The molecule has 23 heavy (non-hydrogen) atoms. The maximum absolute atomic E-state index is 11.9. The van der Waals surface area contributed by atoms with Gasteiger partial charge in [0, 0.05) is 6.20 Å². The van der Waals surface area contributed by atoms with Gasteiger partial charge in [0.25, 0.3) is 5.91 Å². The predicted molar refractivity (Wildman–Crippen MR) is 86.9 cm³/mol. The Balaban J connectivity index is 1.97. The first-order valence-electron chi connectivity index (χ1n) is 6.58. The van der Waals surface area contributed by atoms with Crippen LogP contribution in [-0.4, -0.2) is 28.5 Å². The summed E-state index contributed by atoms with van der Waals surface area (Å²) in [5, 5.41) is 3.15. The molecule has 120 valence electrons. The van der Waals surface area contributed by atoms with Gasteiger partial charge in [-0.25, -0.2) is 9.78 Å². The number of benzene rings is 1. The van der Waals surface area contributed by atoms with Gasteiger partial charge >= 0.3 is 5.97 Å². The molecule has 0 fully saturated rings. The largest absolute Gasteiger partial charge is 0.451 e. The minimum absolute atomic E-state index is 0.0232. The number of amides is 1. The molecule has 1 N–H and O–H groups in total. The fourth-order valence-electron chi connectivity index (χ4n) is 1.65. The summed E-state index contributed by atoms with van der Waals surface area (Å²) in [6, 6.07) is 3.35. The highest BCUT2D eigenvalue weighted by Crippen LogP contribution is 2.32. The SMILES string of the molecule is Cc1cnc(C(=O)OCC(=O)Nc2c(Cl)ccc(C)c2Cl)cn1. The molecule has 0 saturated heterocycles. The van der Waals surface area contributed by atoms with Gasteiger partial charge in [0.1, 0.15) is 0 Å². The Hall–Kier alpha value is -2.18. The van der Waals surface area contributed by atoms with Gasteiger partial charge in [-0.05, 0) is 25.5 Å². The number of nitrogens with one attached hydrogen (secondary N) is 1. The number of esters is 1. The first kappa shape index (κ1) is 17.2. The van der Waals surface area contributed by atoms with Gasteiger partial charge in [0.15, 0.2) is 12.3 Å². The number of anilines is 1. The highest BCUT2D eigenvalue weighted by Gasteiger charge is 2.15. The molecule has 1 aromatic carbocycles. The average Bonchev–Trinajstić information content (AvgIpc) is 2.53. The van der Waals surface area contributed by atoms with Gasteiger partial charge in [-0.1, -0.05) is 29.3 Å². The van der Waals surface area contributed by atoms with E-state index in [1.54, 1.807) is 26.0 Å². The molecular formula is C15H13Cl2N3O3. The van der Waals surface area contributed by atoms with Gasteiger partial charge in [-0.3, -0.25) is 9.78 Å². The fourth-order valence-corrected chi connectivity index (χ4v) is 2.11. The van der Waals surface area contributed by atoms with Gasteiger partial charge in [-0.15, -0.1) is 0 Å². The summed E-state index contributed by atoms with van der Waals surface area (Å²) in [6.45, 7) is 3.03. The maximum Gasteiger partial charge on any atom is 0.359 e. The van der Waals surface area contributed by atoms with Crippen molar-refractivity contribution in [1.29, 1.82) is 0 Å². The lowest BCUT2D eigenvalue weighted by atomic mass is 10.2. The van der Waals surface area contributed by atoms with Crippen molar-refractivity contribution in [2.24, 2.45) is 0 Å². The quantitative estimate of drug-likeness (QED) is 0.853. The molecule has 1 amide bonds. The van der Waals surface area contributed by atoms with Crippen LogP contribution < -0.4 is 5.32 Å². The van der Waals surface area contributed by atoms with Crippen molar-refractivity contribution in [3.8, 4) is 0 Å². The molecule has 2 rings (SSSR count). The molecule has 2 aromatic rings. The zero-order valence-corrected chi connectivity index (χ0v) is 13.9. The van der Waals surface area contributed by atoms with Crippen molar-refractivity contribution in [3.63, 3.8) is 0 Å². The van der Waals surface area contributed by atoms with E-state index in [-0.39, 0.29) is 11.4 Å². The van der Waals surface area contributed by atoms with Crippen molar-refractivity contribution < 1.29 is 14.3 Å². The summed E-state index contributed by atoms with van der Waals surface area (Å²) in [6.07, 6.45) is 2.72. The van der Waals surface area contributed by atoms with Crippen molar-refractivity contribution >= 4 is 40.8 Å². The number of hydrogen-bond donors (Lipinski definition) is 1. The summed E-state index contributed by atoms with van der Waals surface area (Å²) >= 11 is 12.1. The van der Waals surface area contributed by atoms with Crippen LogP contribution >= 0.6 is 23.2 Å². The van der Waals surface area contributed by atoms with E-state index in [9.17, 15) is 9.59 Å². The summed E-state index contributed by atoms with van der Waals surface area (Å²) in [7, 11) is 0. The Morgan fingerprint density at radius 2 is 1.91 bits per heavy atom. The molecule has 0 unspecified atom stereocenters. The highest BCUT2D eigenvalue weighted by molar-refractivity contribution is 6.40. The van der Waals surface area contributed by atoms with Crippen LogP contribution in [0.25, 0.3) is 0 Å². The molecule has 0 aliphatic heterocycles. The van der Waals surface area contributed by atoms with Crippen LogP contribution in [0, 0.1) is 13.8 Å². The Morgan fingerprint density at radius 3 is 2.57 bits per heavy atom. The molecule has 0 aliphatic carbocycles. The van der Waals surface area contributed by atoms with Gasteiger partial charge < -0.3 is 10.1 Å². The number of aromatic nitrogens is 2. The highest BCUT2D eigenvalue weighted by atomic mass is 35.5. The third kappa shape index (κ3) is 4.40. The Kier molecular flexibility index (Phi) is 5.52. The molecule has 1 aromatic heterocycles. The monoisotopic (exact) mass is 353 g/mol. The van der Waals surface area contributed by atoms with Gasteiger partial charge in [0.2, 0.25) is 0 Å². The van der Waals surface area contributed by atoms with E-state index in [4.69, 9.17) is 27.9 Å². The topological polar surface area (TPSA) is 81.2 Å². The third-order valence-corrected chi connectivity index (χ3v) is 3.68. The second-order valence-electron chi connectivity index (χ2n) is 4.72. The molecular weight excluding hydrogens is 341 g/mol. The van der Waals surface area contributed by atoms with E-state index in [1.807, 2.05) is 0 Å². The van der Waals surface area contributed by atoms with Crippen LogP contribution in [0.1, 0.15) is 21.7 Å². The number of halogens is 2. The minimum Gasteiger partial charge on any atom is -0.451 e. The number of rotatable bonds is 4. The molecule has 0 aliphatic rings. The molecule has 0 radical (unpaired) electrons. The zero-order valence-electron chi connectivity index (χ0n) is 12.4. The lowest BCUT2D eigenvalue weighted by Gasteiger charge is -2.11. The van der Waals surface area contributed by atoms with E-state index in [1.165, 1.54) is 12.4 Å². The van der Waals surface area contributed by atoms with Crippen LogP contribution in [-0.2, 0) is 9.53 Å². The fraction of sp³-hybridized carbons (Fsp3) is 0.200. The Labute approximate surface area is 142 Å². The second-order valence-corrected chi connectivity index (χ2v) is 5.51. The Morgan fingerprint density at radius 1 is 1.17 bits per heavy atom. The van der Waals surface area contributed by atoms with Crippen LogP contribution in [0.3, 0.4) is 0 Å². The molecule has 0 spiro atoms. The van der Waals surface area contributed by atoms with E-state index >= 15 is 0 Å². The van der Waals surface area contributed by atoms with Crippen LogP contribution in [0.4, 0.5) is 5.69 Å². The lowest BCUT2D eigenvalue weighted by molar-refractivity contribution is -0.119. The van der Waals surface area contributed by atoms with Crippen molar-refractivity contribution in [1.82, 2.24) is 9.97 Å². The number of hydrogen-bond acceptors (Lipinski definition) is 5. The first-order valence-corrected chi connectivity index (χ1v) is 7.34. The second kappa shape index (κ2) is 7.39.